The highest BCUT2D eigenvalue weighted by Crippen LogP contribution is 2.44. The first-order chi connectivity index (χ1) is 22.0. The van der Waals surface area contributed by atoms with Crippen LogP contribution in [0.2, 0.25) is 0 Å². The van der Waals surface area contributed by atoms with E-state index in [-0.39, 0.29) is 24.4 Å². The van der Waals surface area contributed by atoms with Gasteiger partial charge in [-0.15, -0.1) is 0 Å². The average Bonchev–Trinajstić information content (AvgIpc) is 3.33. The predicted octanol–water partition coefficient (Wildman–Crippen LogP) is 6.28. The second-order valence-electron chi connectivity index (χ2n) is 11.8. The number of allylic oxidation sites excluding steroid dienone is 3. The molecular formula is C35H34F3N5O3. The van der Waals surface area contributed by atoms with Gasteiger partial charge in [-0.05, 0) is 74.9 Å². The molecule has 2 aliphatic carbocycles. The molecule has 0 saturated carbocycles. The third-order valence-electron chi connectivity index (χ3n) is 8.84. The van der Waals surface area contributed by atoms with Crippen molar-refractivity contribution >= 4 is 29.2 Å². The molecule has 3 aromatic rings. The molecule has 3 atom stereocenters. The van der Waals surface area contributed by atoms with E-state index in [4.69, 9.17) is 5.10 Å². The number of amides is 3. The Balaban J connectivity index is 1.46. The number of para-hydroxylation sites is 1. The highest BCUT2D eigenvalue weighted by Gasteiger charge is 2.46. The summed E-state index contributed by atoms with van der Waals surface area (Å²) in [6, 6.07) is 15.3. The van der Waals surface area contributed by atoms with E-state index in [1.54, 1.807) is 27.8 Å². The number of hydrogen-bond donors (Lipinski definition) is 2. The molecule has 2 heterocycles. The lowest BCUT2D eigenvalue weighted by Gasteiger charge is -2.38. The van der Waals surface area contributed by atoms with E-state index >= 15 is 0 Å². The number of nitrogens with zero attached hydrogens (tertiary/aromatic N) is 3. The number of rotatable bonds is 7. The topological polar surface area (TPSA) is 96.3 Å². The molecule has 3 aliphatic rings. The van der Waals surface area contributed by atoms with Crippen LogP contribution in [0, 0.1) is 12.8 Å². The molecule has 11 heteroatoms. The van der Waals surface area contributed by atoms with E-state index in [1.807, 2.05) is 56.3 Å². The number of anilines is 2. The molecule has 1 unspecified atom stereocenters. The fourth-order valence-corrected chi connectivity index (χ4v) is 6.35. The van der Waals surface area contributed by atoms with Crippen molar-refractivity contribution in [2.75, 3.05) is 16.8 Å². The molecular weight excluding hydrogens is 595 g/mol. The molecule has 0 spiro atoms. The largest absolute Gasteiger partial charge is 0.412 e. The number of nitrogens with one attached hydrogen (secondary N) is 2. The first-order valence-electron chi connectivity index (χ1n) is 15.3. The fraction of sp³-hybridized carbons (Fsp3) is 0.314. The van der Waals surface area contributed by atoms with Crippen molar-refractivity contribution in [3.05, 3.63) is 106 Å². The van der Waals surface area contributed by atoms with Gasteiger partial charge in [0.2, 0.25) is 0 Å². The van der Waals surface area contributed by atoms with Crippen molar-refractivity contribution in [2.24, 2.45) is 5.92 Å². The highest BCUT2D eigenvalue weighted by atomic mass is 19.4. The molecule has 2 aromatic carbocycles. The number of benzene rings is 2. The number of carbonyl (C=O) groups excluding carboxylic acids is 3. The van der Waals surface area contributed by atoms with Gasteiger partial charge in [0.05, 0.1) is 11.4 Å². The molecule has 6 rings (SSSR count). The Bertz CT molecular complexity index is 1810. The monoisotopic (exact) mass is 629 g/mol. The Kier molecular flexibility index (Phi) is 8.18. The van der Waals surface area contributed by atoms with Crippen LogP contribution >= 0.6 is 0 Å². The van der Waals surface area contributed by atoms with Crippen molar-refractivity contribution in [1.29, 1.82) is 0 Å². The molecule has 46 heavy (non-hydrogen) atoms. The van der Waals surface area contributed by atoms with Crippen molar-refractivity contribution < 1.29 is 27.6 Å². The van der Waals surface area contributed by atoms with E-state index in [0.717, 1.165) is 18.2 Å². The molecule has 0 saturated heterocycles. The minimum atomic E-state index is -4.58. The maximum atomic E-state index is 14.4. The van der Waals surface area contributed by atoms with Crippen LogP contribution in [0.3, 0.4) is 0 Å². The number of fused-ring (bicyclic) bond motifs is 1. The second kappa shape index (κ2) is 12.1. The Morgan fingerprint density at radius 1 is 1.04 bits per heavy atom. The predicted molar refractivity (Wildman–Crippen MR) is 168 cm³/mol. The maximum absolute atomic E-state index is 14.4. The van der Waals surface area contributed by atoms with Crippen molar-refractivity contribution in [1.82, 2.24) is 15.1 Å². The molecule has 8 nitrogen and oxygen atoms in total. The lowest BCUT2D eigenvalue weighted by Crippen LogP contribution is -2.55. The summed E-state index contributed by atoms with van der Waals surface area (Å²) in [7, 11) is 0. The number of halogens is 3. The van der Waals surface area contributed by atoms with E-state index in [9.17, 15) is 27.6 Å². The summed E-state index contributed by atoms with van der Waals surface area (Å²) < 4.78 is 43.0. The van der Waals surface area contributed by atoms with Crippen molar-refractivity contribution in [2.45, 2.75) is 58.2 Å². The summed E-state index contributed by atoms with van der Waals surface area (Å²) in [6.07, 6.45) is 1.23. The van der Waals surface area contributed by atoms with Gasteiger partial charge in [0, 0.05) is 40.4 Å². The highest BCUT2D eigenvalue weighted by molar-refractivity contribution is 6.06. The lowest BCUT2D eigenvalue weighted by molar-refractivity contribution is -0.126. The summed E-state index contributed by atoms with van der Waals surface area (Å²) in [5.74, 6) is -2.41. The van der Waals surface area contributed by atoms with Gasteiger partial charge in [0.1, 0.15) is 11.9 Å². The van der Waals surface area contributed by atoms with Gasteiger partial charge in [-0.3, -0.25) is 19.3 Å². The smallest absolute Gasteiger partial charge is 0.339 e. The van der Waals surface area contributed by atoms with Crippen molar-refractivity contribution in [3.63, 3.8) is 0 Å². The summed E-state index contributed by atoms with van der Waals surface area (Å²) >= 11 is 0. The number of likely N-dealkylation sites (N-methyl/N-ethyl adjacent to an activating group) is 1. The van der Waals surface area contributed by atoms with E-state index in [0.29, 0.717) is 40.3 Å². The zero-order chi connectivity index (χ0) is 32.7. The average molecular weight is 630 g/mol. The molecule has 1 aliphatic heterocycles. The zero-order valence-corrected chi connectivity index (χ0v) is 25.7. The van der Waals surface area contributed by atoms with Crippen LogP contribution in [0.5, 0.6) is 0 Å². The first kappa shape index (κ1) is 31.1. The molecule has 238 valence electrons. The third-order valence-corrected chi connectivity index (χ3v) is 8.84. The molecule has 3 amide bonds. The SMILES string of the molecule is CCN1C(=O)[C@H](NC(=O)C2=CCC(C)C(C(F)(F)F)=C2)[C@@H](c2cccc(NC(=O)C3=CCC3)c2)c2c(C)nn(-c3ccccc3)c21. The molecule has 1 aromatic heterocycles. The standard InChI is InChI=1S/C35H34F3N5O3/c1-4-42-33-28(21(3)41-43(33)26-14-6-5-7-15-26)29(23-12-9-13-25(18-23)39-31(44)22-10-8-11-22)30(34(42)46)40-32(45)24-17-16-20(2)27(19-24)35(36,37)38/h5-7,9-10,12-15,17-20,29-30H,4,8,11,16H2,1-3H3,(H,39,44)(H,40,45)/t20?,29-,30+/m0/s1. The van der Waals surface area contributed by atoms with E-state index < -0.39 is 41.4 Å². The first-order valence-corrected chi connectivity index (χ1v) is 15.3. The van der Waals surface area contributed by atoms with Crippen LogP contribution in [0.1, 0.15) is 55.8 Å². The number of carbonyl (C=O) groups is 3. The Labute approximate surface area is 264 Å². The Morgan fingerprint density at radius 2 is 1.78 bits per heavy atom. The number of hydrogen-bond acceptors (Lipinski definition) is 4. The summed E-state index contributed by atoms with van der Waals surface area (Å²) in [6.45, 7) is 5.36. The Hall–Kier alpha value is -4.93. The van der Waals surface area contributed by atoms with Crippen LogP contribution < -0.4 is 15.5 Å². The van der Waals surface area contributed by atoms with Gasteiger partial charge in [0.25, 0.3) is 17.7 Å². The van der Waals surface area contributed by atoms with Gasteiger partial charge in [-0.2, -0.15) is 18.3 Å². The number of aromatic nitrogens is 2. The van der Waals surface area contributed by atoms with Crippen molar-refractivity contribution in [3.8, 4) is 5.69 Å². The lowest BCUT2D eigenvalue weighted by atomic mass is 9.80. The third kappa shape index (κ3) is 5.65. The van der Waals surface area contributed by atoms with Crippen LogP contribution in [0.15, 0.2) is 89.5 Å². The number of aryl methyl sites for hydroxylation is 1. The molecule has 0 fully saturated rings. The van der Waals surface area contributed by atoms with Gasteiger partial charge in [0.15, 0.2) is 0 Å². The van der Waals surface area contributed by atoms with Gasteiger partial charge in [-0.1, -0.05) is 49.4 Å². The van der Waals surface area contributed by atoms with Gasteiger partial charge in [-0.25, -0.2) is 4.68 Å². The normalized spacial score (nSPS) is 21.0. The minimum absolute atomic E-state index is 0.0442. The quantitative estimate of drug-likeness (QED) is 0.322. The summed E-state index contributed by atoms with van der Waals surface area (Å²) in [5.41, 5.74) is 2.97. The fourth-order valence-electron chi connectivity index (χ4n) is 6.35. The van der Waals surface area contributed by atoms with E-state index in [1.165, 1.54) is 13.0 Å². The van der Waals surface area contributed by atoms with Crippen LogP contribution in [0.25, 0.3) is 5.69 Å². The van der Waals surface area contributed by atoms with Crippen LogP contribution in [0.4, 0.5) is 24.7 Å². The molecule has 2 N–H and O–H groups in total. The number of alkyl halides is 3. The second-order valence-corrected chi connectivity index (χ2v) is 11.8. The van der Waals surface area contributed by atoms with Gasteiger partial charge < -0.3 is 10.6 Å². The van der Waals surface area contributed by atoms with Crippen LogP contribution in [-0.2, 0) is 14.4 Å². The Morgan fingerprint density at radius 3 is 2.43 bits per heavy atom. The zero-order valence-electron chi connectivity index (χ0n) is 25.7. The van der Waals surface area contributed by atoms with Crippen LogP contribution in [-0.4, -0.2) is 46.3 Å². The molecule has 0 radical (unpaired) electrons. The summed E-state index contributed by atoms with van der Waals surface area (Å²) in [5, 5.41) is 10.5. The summed E-state index contributed by atoms with van der Waals surface area (Å²) in [4.78, 5) is 42.3. The maximum Gasteiger partial charge on any atom is 0.412 e. The van der Waals surface area contributed by atoms with Gasteiger partial charge >= 0.3 is 6.18 Å². The van der Waals surface area contributed by atoms with E-state index in [2.05, 4.69) is 10.6 Å². The minimum Gasteiger partial charge on any atom is -0.339 e. The molecule has 0 bridgehead atoms.